The zero-order valence-electron chi connectivity index (χ0n) is 25.4. The number of sulfonamides is 1. The molecule has 4 rings (SSSR count). The van der Waals surface area contributed by atoms with Crippen LogP contribution in [0.2, 0.25) is 0 Å². The van der Waals surface area contributed by atoms with E-state index in [1.165, 1.54) is 17.0 Å². The summed E-state index contributed by atoms with van der Waals surface area (Å²) in [7, 11) is -3.92. The number of benzene rings is 4. The Morgan fingerprint density at radius 3 is 2.02 bits per heavy atom. The van der Waals surface area contributed by atoms with Crippen LogP contribution >= 0.6 is 0 Å². The molecule has 0 heterocycles. The molecule has 1 atom stereocenters. The van der Waals surface area contributed by atoms with Crippen molar-refractivity contribution in [3.05, 3.63) is 126 Å². The summed E-state index contributed by atoms with van der Waals surface area (Å²) in [5.41, 5.74) is 1.69. The van der Waals surface area contributed by atoms with Gasteiger partial charge in [0, 0.05) is 19.5 Å². The molecule has 0 radical (unpaired) electrons. The van der Waals surface area contributed by atoms with E-state index >= 15 is 0 Å². The fraction of sp³-hybridized carbons (Fsp3) is 0.257. The summed E-state index contributed by atoms with van der Waals surface area (Å²) in [6.07, 6.45) is 2.87. The van der Waals surface area contributed by atoms with Gasteiger partial charge >= 0.3 is 0 Å². The van der Waals surface area contributed by atoms with Gasteiger partial charge in [-0.25, -0.2) is 12.8 Å². The molecular formula is C35H38FN3O5S. The molecule has 1 N–H and O–H groups in total. The third-order valence-corrected chi connectivity index (χ3v) is 8.29. The van der Waals surface area contributed by atoms with E-state index in [1.807, 2.05) is 55.5 Å². The number of unbranched alkanes of at least 4 members (excludes halogenated alkanes) is 1. The smallest absolute Gasteiger partial charge is 0.244 e. The lowest BCUT2D eigenvalue weighted by Gasteiger charge is -2.33. The van der Waals surface area contributed by atoms with Gasteiger partial charge in [-0.15, -0.1) is 0 Å². The summed E-state index contributed by atoms with van der Waals surface area (Å²) in [6.45, 7) is 1.87. The Labute approximate surface area is 264 Å². The number of anilines is 1. The first-order chi connectivity index (χ1) is 21.6. The quantitative estimate of drug-likeness (QED) is 0.164. The number of nitrogens with one attached hydrogen (secondary N) is 1. The second kappa shape index (κ2) is 15.9. The van der Waals surface area contributed by atoms with E-state index in [1.54, 1.807) is 48.5 Å². The summed E-state index contributed by atoms with van der Waals surface area (Å²) >= 11 is 0. The Hall–Kier alpha value is -4.70. The van der Waals surface area contributed by atoms with Crippen molar-refractivity contribution < 1.29 is 27.1 Å². The Balaban J connectivity index is 1.66. The first-order valence-electron chi connectivity index (χ1n) is 14.8. The molecular weight excluding hydrogens is 593 g/mol. The Morgan fingerprint density at radius 2 is 1.42 bits per heavy atom. The average Bonchev–Trinajstić information content (AvgIpc) is 3.03. The van der Waals surface area contributed by atoms with Crippen molar-refractivity contribution in [2.75, 3.05) is 23.7 Å². The van der Waals surface area contributed by atoms with E-state index in [4.69, 9.17) is 4.74 Å². The lowest BCUT2D eigenvalue weighted by atomic mass is 10.0. The zero-order valence-corrected chi connectivity index (χ0v) is 26.3. The van der Waals surface area contributed by atoms with Gasteiger partial charge in [0.2, 0.25) is 21.8 Å². The van der Waals surface area contributed by atoms with E-state index < -0.39 is 34.3 Å². The predicted molar refractivity (Wildman–Crippen MR) is 174 cm³/mol. The highest BCUT2D eigenvalue weighted by Crippen LogP contribution is 2.26. The lowest BCUT2D eigenvalue weighted by Crippen LogP contribution is -2.53. The SMILES string of the molecule is CCCCNC(=O)C(Cc1ccccc1)N(Cc1ccc(F)cc1)C(=O)CN(c1ccc(Oc2ccccc2)cc1)S(C)(=O)=O. The molecule has 0 bridgehead atoms. The molecule has 236 valence electrons. The van der Waals surface area contributed by atoms with Crippen molar-refractivity contribution in [1.29, 1.82) is 0 Å². The molecule has 0 saturated carbocycles. The highest BCUT2D eigenvalue weighted by molar-refractivity contribution is 7.92. The van der Waals surface area contributed by atoms with Crippen LogP contribution in [0.15, 0.2) is 109 Å². The second-order valence-corrected chi connectivity index (χ2v) is 12.6. The number of carbonyl (C=O) groups is 2. The van der Waals surface area contributed by atoms with Gasteiger partial charge in [-0.1, -0.05) is 74.0 Å². The maximum absolute atomic E-state index is 14.2. The number of hydrogen-bond acceptors (Lipinski definition) is 5. The summed E-state index contributed by atoms with van der Waals surface area (Å²) < 4.78 is 46.7. The zero-order chi connectivity index (χ0) is 32.2. The van der Waals surface area contributed by atoms with Gasteiger partial charge < -0.3 is 15.0 Å². The maximum Gasteiger partial charge on any atom is 0.244 e. The minimum atomic E-state index is -3.92. The van der Waals surface area contributed by atoms with Crippen LogP contribution in [0, 0.1) is 5.82 Å². The fourth-order valence-corrected chi connectivity index (χ4v) is 5.62. The molecule has 0 saturated heterocycles. The van der Waals surface area contributed by atoms with Crippen LogP contribution in [0.25, 0.3) is 0 Å². The van der Waals surface area contributed by atoms with Gasteiger partial charge in [0.05, 0.1) is 11.9 Å². The summed E-state index contributed by atoms with van der Waals surface area (Å²) in [5.74, 6) is -0.248. The van der Waals surface area contributed by atoms with E-state index in [2.05, 4.69) is 5.32 Å². The molecule has 0 aliphatic rings. The second-order valence-electron chi connectivity index (χ2n) is 10.7. The van der Waals surface area contributed by atoms with E-state index in [9.17, 15) is 22.4 Å². The van der Waals surface area contributed by atoms with E-state index in [0.717, 1.165) is 29.0 Å². The van der Waals surface area contributed by atoms with Gasteiger partial charge in [0.15, 0.2) is 0 Å². The van der Waals surface area contributed by atoms with Crippen molar-refractivity contribution in [3.63, 3.8) is 0 Å². The van der Waals surface area contributed by atoms with Gasteiger partial charge in [0.1, 0.15) is 29.9 Å². The highest BCUT2D eigenvalue weighted by atomic mass is 32.2. The maximum atomic E-state index is 14.2. The van der Waals surface area contributed by atoms with Crippen LogP contribution in [0.5, 0.6) is 11.5 Å². The van der Waals surface area contributed by atoms with Gasteiger partial charge in [-0.05, 0) is 66.1 Å². The number of amides is 2. The third-order valence-electron chi connectivity index (χ3n) is 7.15. The number of para-hydroxylation sites is 1. The molecule has 0 aromatic heterocycles. The third kappa shape index (κ3) is 9.90. The number of halogens is 1. The molecule has 4 aromatic carbocycles. The predicted octanol–water partition coefficient (Wildman–Crippen LogP) is 5.94. The molecule has 0 fully saturated rings. The minimum absolute atomic E-state index is 0.0285. The fourth-order valence-electron chi connectivity index (χ4n) is 4.77. The van der Waals surface area contributed by atoms with Crippen LogP contribution in [0.3, 0.4) is 0 Å². The molecule has 2 amide bonds. The van der Waals surface area contributed by atoms with E-state index in [0.29, 0.717) is 23.6 Å². The molecule has 4 aromatic rings. The van der Waals surface area contributed by atoms with Crippen molar-refractivity contribution in [1.82, 2.24) is 10.2 Å². The summed E-state index contributed by atoms with van der Waals surface area (Å²) in [5, 5.41) is 2.94. The normalized spacial score (nSPS) is 11.8. The van der Waals surface area contributed by atoms with Crippen molar-refractivity contribution in [3.8, 4) is 11.5 Å². The molecule has 1 unspecified atom stereocenters. The van der Waals surface area contributed by atoms with Gasteiger partial charge in [0.25, 0.3) is 0 Å². The monoisotopic (exact) mass is 631 g/mol. The van der Waals surface area contributed by atoms with Gasteiger partial charge in [-0.3, -0.25) is 13.9 Å². The van der Waals surface area contributed by atoms with E-state index in [-0.39, 0.29) is 24.6 Å². The topological polar surface area (TPSA) is 96.0 Å². The molecule has 45 heavy (non-hydrogen) atoms. The number of nitrogens with zero attached hydrogens (tertiary/aromatic N) is 2. The Morgan fingerprint density at radius 1 is 0.822 bits per heavy atom. The van der Waals surface area contributed by atoms with Crippen molar-refractivity contribution in [2.45, 2.75) is 38.8 Å². The Bertz CT molecular complexity index is 1630. The first-order valence-corrected chi connectivity index (χ1v) is 16.6. The summed E-state index contributed by atoms with van der Waals surface area (Å²) in [6, 6.07) is 29.5. The number of ether oxygens (including phenoxy) is 1. The number of hydrogen-bond donors (Lipinski definition) is 1. The lowest BCUT2D eigenvalue weighted by molar-refractivity contribution is -0.140. The molecule has 8 nitrogen and oxygen atoms in total. The van der Waals surface area contributed by atoms with Crippen molar-refractivity contribution in [2.24, 2.45) is 0 Å². The molecule has 10 heteroatoms. The van der Waals surface area contributed by atoms with Crippen LogP contribution in [-0.4, -0.2) is 50.5 Å². The summed E-state index contributed by atoms with van der Waals surface area (Å²) in [4.78, 5) is 29.2. The van der Waals surface area contributed by atoms with Crippen LogP contribution in [-0.2, 0) is 32.6 Å². The Kier molecular flexibility index (Phi) is 11.7. The number of carbonyl (C=O) groups excluding carboxylic acids is 2. The van der Waals surface area contributed by atoms with Crippen LogP contribution in [0.4, 0.5) is 10.1 Å². The largest absolute Gasteiger partial charge is 0.457 e. The standard InChI is InChI=1S/C35H38FN3O5S/c1-3-4-23-37-35(41)33(24-27-11-7-5-8-12-27)38(25-28-15-17-29(36)18-16-28)34(40)26-39(45(2,42)43)30-19-21-32(22-20-30)44-31-13-9-6-10-14-31/h5-22,33H,3-4,23-26H2,1-2H3,(H,37,41). The van der Waals surface area contributed by atoms with Crippen LogP contribution < -0.4 is 14.4 Å². The average molecular weight is 632 g/mol. The van der Waals surface area contributed by atoms with Gasteiger partial charge in [-0.2, -0.15) is 0 Å². The number of rotatable bonds is 15. The van der Waals surface area contributed by atoms with Crippen LogP contribution in [0.1, 0.15) is 30.9 Å². The van der Waals surface area contributed by atoms with Crippen molar-refractivity contribution >= 4 is 27.5 Å². The highest BCUT2D eigenvalue weighted by Gasteiger charge is 2.33. The molecule has 0 spiro atoms. The molecule has 0 aliphatic carbocycles. The first kappa shape index (κ1) is 33.2. The molecule has 0 aliphatic heterocycles. The minimum Gasteiger partial charge on any atom is -0.457 e.